The summed E-state index contributed by atoms with van der Waals surface area (Å²) in [6.45, 7) is 1.93. The standard InChI is InChI=1S/C16H17NO4S/c1-3-22-16-13(14(20)10-7-5-4-6-8-10)11(9-12(18)19)15(21)17(16)2/h4-8,16H,3,9H2,1-2H3,(H,18,19)/t16-/m0/s1. The van der Waals surface area contributed by atoms with Crippen molar-refractivity contribution in [2.75, 3.05) is 12.8 Å². The van der Waals surface area contributed by atoms with Crippen molar-refractivity contribution in [2.24, 2.45) is 0 Å². The van der Waals surface area contributed by atoms with Crippen molar-refractivity contribution in [3.63, 3.8) is 0 Å². The van der Waals surface area contributed by atoms with Crippen molar-refractivity contribution in [3.8, 4) is 0 Å². The van der Waals surface area contributed by atoms with Crippen molar-refractivity contribution in [1.29, 1.82) is 0 Å². The molecule has 0 spiro atoms. The first kappa shape index (κ1) is 16.3. The van der Waals surface area contributed by atoms with Gasteiger partial charge in [0.2, 0.25) is 0 Å². The van der Waals surface area contributed by atoms with Gasteiger partial charge in [0.1, 0.15) is 5.37 Å². The van der Waals surface area contributed by atoms with Gasteiger partial charge in [0.15, 0.2) is 5.78 Å². The first-order valence-electron chi connectivity index (χ1n) is 6.90. The van der Waals surface area contributed by atoms with Gasteiger partial charge in [-0.2, -0.15) is 0 Å². The van der Waals surface area contributed by atoms with Gasteiger partial charge < -0.3 is 10.0 Å². The Morgan fingerprint density at radius 2 is 1.91 bits per heavy atom. The number of ketones is 1. The second kappa shape index (κ2) is 6.79. The van der Waals surface area contributed by atoms with Crippen molar-refractivity contribution in [2.45, 2.75) is 18.7 Å². The van der Waals surface area contributed by atoms with Gasteiger partial charge in [-0.3, -0.25) is 14.4 Å². The molecule has 0 aliphatic carbocycles. The molecular formula is C16H17NO4S. The predicted octanol–water partition coefficient (Wildman–Crippen LogP) is 2.19. The van der Waals surface area contributed by atoms with E-state index in [0.717, 1.165) is 0 Å². The molecule has 0 radical (unpaired) electrons. The number of carbonyl (C=O) groups excluding carboxylic acids is 2. The second-order valence-electron chi connectivity index (χ2n) is 4.88. The Morgan fingerprint density at radius 1 is 1.27 bits per heavy atom. The number of carboxylic acid groups (broad SMARTS) is 1. The molecular weight excluding hydrogens is 302 g/mol. The Kier molecular flexibility index (Phi) is 5.03. The van der Waals surface area contributed by atoms with Crippen LogP contribution in [0.4, 0.5) is 0 Å². The number of nitrogens with zero attached hydrogens (tertiary/aromatic N) is 1. The van der Waals surface area contributed by atoms with E-state index in [9.17, 15) is 14.4 Å². The Bertz CT molecular complexity index is 639. The lowest BCUT2D eigenvalue weighted by atomic mass is 9.98. The SMILES string of the molecule is CCS[C@H]1C(C(=O)c2ccccc2)=C(CC(=O)O)C(=O)N1C. The third-order valence-corrected chi connectivity index (χ3v) is 4.64. The van der Waals surface area contributed by atoms with E-state index in [1.807, 2.05) is 6.92 Å². The Hall–Kier alpha value is -2.08. The molecule has 1 aliphatic rings. The van der Waals surface area contributed by atoms with E-state index in [0.29, 0.717) is 16.9 Å². The van der Waals surface area contributed by atoms with Crippen molar-refractivity contribution < 1.29 is 19.5 Å². The normalized spacial score (nSPS) is 18.0. The van der Waals surface area contributed by atoms with Crippen LogP contribution in [-0.2, 0) is 9.59 Å². The fraction of sp³-hybridized carbons (Fsp3) is 0.312. The topological polar surface area (TPSA) is 74.7 Å². The molecule has 1 aromatic carbocycles. The summed E-state index contributed by atoms with van der Waals surface area (Å²) in [5.41, 5.74) is 0.855. The van der Waals surface area contributed by atoms with Gasteiger partial charge in [0.05, 0.1) is 6.42 Å². The number of carbonyl (C=O) groups is 3. The minimum Gasteiger partial charge on any atom is -0.481 e. The van der Waals surface area contributed by atoms with Crippen LogP contribution in [0.1, 0.15) is 23.7 Å². The largest absolute Gasteiger partial charge is 0.481 e. The highest BCUT2D eigenvalue weighted by atomic mass is 32.2. The smallest absolute Gasteiger partial charge is 0.308 e. The summed E-state index contributed by atoms with van der Waals surface area (Å²) in [7, 11) is 1.60. The second-order valence-corrected chi connectivity index (χ2v) is 6.24. The number of carboxylic acids is 1. The molecule has 22 heavy (non-hydrogen) atoms. The Labute approximate surface area is 133 Å². The first-order valence-corrected chi connectivity index (χ1v) is 7.95. The average molecular weight is 319 g/mol. The zero-order valence-electron chi connectivity index (χ0n) is 12.4. The molecule has 1 heterocycles. The number of Topliss-reactive ketones (excluding diaryl/α,β-unsaturated/α-hetero) is 1. The summed E-state index contributed by atoms with van der Waals surface area (Å²) in [6, 6.07) is 8.63. The quantitative estimate of drug-likeness (QED) is 0.814. The summed E-state index contributed by atoms with van der Waals surface area (Å²) in [6.07, 6.45) is -0.433. The van der Waals surface area contributed by atoms with Crippen LogP contribution >= 0.6 is 11.8 Å². The fourth-order valence-electron chi connectivity index (χ4n) is 2.45. The van der Waals surface area contributed by atoms with Gasteiger partial charge in [-0.05, 0) is 5.75 Å². The van der Waals surface area contributed by atoms with E-state index >= 15 is 0 Å². The van der Waals surface area contributed by atoms with Gasteiger partial charge in [-0.1, -0.05) is 37.3 Å². The molecule has 1 N–H and O–H groups in total. The van der Waals surface area contributed by atoms with E-state index < -0.39 is 17.8 Å². The summed E-state index contributed by atoms with van der Waals surface area (Å²) >= 11 is 1.45. The molecule has 1 aromatic rings. The molecule has 0 fully saturated rings. The molecule has 0 unspecified atom stereocenters. The van der Waals surface area contributed by atoms with Crippen LogP contribution in [0.25, 0.3) is 0 Å². The monoisotopic (exact) mass is 319 g/mol. The van der Waals surface area contributed by atoms with Crippen LogP contribution < -0.4 is 0 Å². The molecule has 116 valence electrons. The number of rotatable bonds is 6. The minimum atomic E-state index is -1.11. The zero-order valence-corrected chi connectivity index (χ0v) is 13.2. The van der Waals surface area contributed by atoms with Crippen LogP contribution in [0, 0.1) is 0 Å². The molecule has 1 atom stereocenters. The van der Waals surface area contributed by atoms with Crippen LogP contribution in [0.5, 0.6) is 0 Å². The molecule has 0 aromatic heterocycles. The lowest BCUT2D eigenvalue weighted by Crippen LogP contribution is -2.31. The third kappa shape index (κ3) is 3.06. The fourth-order valence-corrected chi connectivity index (χ4v) is 3.50. The van der Waals surface area contributed by atoms with Gasteiger partial charge >= 0.3 is 5.97 Å². The third-order valence-electron chi connectivity index (χ3n) is 3.44. The lowest BCUT2D eigenvalue weighted by molar-refractivity contribution is -0.137. The maximum absolute atomic E-state index is 12.8. The van der Waals surface area contributed by atoms with E-state index in [2.05, 4.69) is 0 Å². The van der Waals surface area contributed by atoms with Crippen molar-refractivity contribution >= 4 is 29.4 Å². The van der Waals surface area contributed by atoms with Crippen LogP contribution in [0.3, 0.4) is 0 Å². The predicted molar refractivity (Wildman–Crippen MR) is 84.7 cm³/mol. The highest BCUT2D eigenvalue weighted by molar-refractivity contribution is 8.00. The maximum atomic E-state index is 12.8. The van der Waals surface area contributed by atoms with Gasteiger partial charge in [0.25, 0.3) is 5.91 Å². The molecule has 6 heteroatoms. The van der Waals surface area contributed by atoms with E-state index in [-0.39, 0.29) is 17.3 Å². The Morgan fingerprint density at radius 3 is 2.45 bits per heavy atom. The maximum Gasteiger partial charge on any atom is 0.308 e. The number of amides is 1. The highest BCUT2D eigenvalue weighted by Gasteiger charge is 2.41. The average Bonchev–Trinajstić information content (AvgIpc) is 2.72. The number of hydrogen-bond acceptors (Lipinski definition) is 4. The van der Waals surface area contributed by atoms with E-state index in [1.54, 1.807) is 37.4 Å². The van der Waals surface area contributed by atoms with Crippen molar-refractivity contribution in [3.05, 3.63) is 47.0 Å². The van der Waals surface area contributed by atoms with Gasteiger partial charge in [-0.25, -0.2) is 0 Å². The van der Waals surface area contributed by atoms with Gasteiger partial charge in [0, 0.05) is 23.8 Å². The Balaban J connectivity index is 2.51. The summed E-state index contributed by atoms with van der Waals surface area (Å²) < 4.78 is 0. The number of likely N-dealkylation sites (N-methyl/N-ethyl adjacent to an activating group) is 1. The number of thioether (sulfide) groups is 1. The molecule has 1 aliphatic heterocycles. The molecule has 1 amide bonds. The highest BCUT2D eigenvalue weighted by Crippen LogP contribution is 2.35. The molecule has 5 nitrogen and oxygen atoms in total. The summed E-state index contributed by atoms with van der Waals surface area (Å²) in [4.78, 5) is 37.6. The number of hydrogen-bond donors (Lipinski definition) is 1. The van der Waals surface area contributed by atoms with Crippen LogP contribution in [0.2, 0.25) is 0 Å². The summed E-state index contributed by atoms with van der Waals surface area (Å²) in [5, 5.41) is 8.61. The lowest BCUT2D eigenvalue weighted by Gasteiger charge is -2.21. The van der Waals surface area contributed by atoms with E-state index in [4.69, 9.17) is 5.11 Å². The van der Waals surface area contributed by atoms with Crippen LogP contribution in [-0.4, -0.2) is 45.8 Å². The summed E-state index contributed by atoms with van der Waals surface area (Å²) in [5.74, 6) is -1.06. The minimum absolute atomic E-state index is 0.0924. The molecule has 0 saturated heterocycles. The van der Waals surface area contributed by atoms with Gasteiger partial charge in [-0.15, -0.1) is 11.8 Å². The number of benzene rings is 1. The van der Waals surface area contributed by atoms with Crippen LogP contribution in [0.15, 0.2) is 41.5 Å². The molecule has 0 bridgehead atoms. The number of aliphatic carboxylic acids is 1. The first-order chi connectivity index (χ1) is 10.5. The molecule has 0 saturated carbocycles. The zero-order chi connectivity index (χ0) is 16.3. The molecule has 2 rings (SSSR count). The van der Waals surface area contributed by atoms with Crippen molar-refractivity contribution in [1.82, 2.24) is 4.90 Å². The van der Waals surface area contributed by atoms with E-state index in [1.165, 1.54) is 16.7 Å².